The monoisotopic (exact) mass is 526 g/mol. The van der Waals surface area contributed by atoms with Crippen LogP contribution in [0.25, 0.3) is 22.4 Å². The predicted octanol–water partition coefficient (Wildman–Crippen LogP) is 2.62. The first kappa shape index (κ1) is 25.0. The number of hydrogen-bond donors (Lipinski definition) is 4. The van der Waals surface area contributed by atoms with Gasteiger partial charge in [-0.2, -0.15) is 0 Å². The van der Waals surface area contributed by atoms with Crippen molar-refractivity contribution in [1.29, 1.82) is 0 Å². The van der Waals surface area contributed by atoms with Crippen LogP contribution < -0.4 is 10.9 Å². The molecule has 0 aliphatic carbocycles. The van der Waals surface area contributed by atoms with Crippen LogP contribution in [-0.2, 0) is 6.42 Å². The molecule has 10 nitrogen and oxygen atoms in total. The highest BCUT2D eigenvalue weighted by Crippen LogP contribution is 2.32. The van der Waals surface area contributed by atoms with Crippen molar-refractivity contribution < 1.29 is 14.7 Å². The number of hydrogen-bond acceptors (Lipinski definition) is 7. The molecule has 0 saturated carbocycles. The van der Waals surface area contributed by atoms with Crippen LogP contribution >= 0.6 is 0 Å². The van der Waals surface area contributed by atoms with Crippen LogP contribution in [0.3, 0.4) is 0 Å². The van der Waals surface area contributed by atoms with Crippen LogP contribution in [0.15, 0.2) is 59.5 Å². The first-order chi connectivity index (χ1) is 18.9. The Labute approximate surface area is 224 Å². The van der Waals surface area contributed by atoms with E-state index in [9.17, 15) is 19.5 Å². The Bertz CT molecular complexity index is 1550. The number of carbonyl (C=O) groups excluding carboxylic acids is 2. The molecule has 1 atom stereocenters. The second-order valence-corrected chi connectivity index (χ2v) is 10.3. The van der Waals surface area contributed by atoms with Crippen molar-refractivity contribution in [2.75, 3.05) is 32.1 Å². The van der Waals surface area contributed by atoms with E-state index in [4.69, 9.17) is 0 Å². The normalized spacial score (nSPS) is 17.1. The summed E-state index contributed by atoms with van der Waals surface area (Å²) in [6.07, 6.45) is 3.62. The van der Waals surface area contributed by atoms with Gasteiger partial charge in [-0.3, -0.25) is 19.3 Å². The quantitative estimate of drug-likeness (QED) is 0.272. The Kier molecular flexibility index (Phi) is 6.49. The number of pyridine rings is 1. The van der Waals surface area contributed by atoms with Gasteiger partial charge in [-0.15, -0.1) is 0 Å². The fraction of sp³-hybridized carbons (Fsp3) is 0.310. The number of benzene rings is 2. The molecule has 1 saturated heterocycles. The fourth-order valence-corrected chi connectivity index (χ4v) is 5.58. The molecule has 4 N–H and O–H groups in total. The minimum Gasteiger partial charge on any atom is -0.394 e. The summed E-state index contributed by atoms with van der Waals surface area (Å²) >= 11 is 0. The fourth-order valence-electron chi connectivity index (χ4n) is 5.58. The highest BCUT2D eigenvalue weighted by molar-refractivity contribution is 6.23. The van der Waals surface area contributed by atoms with Crippen molar-refractivity contribution in [1.82, 2.24) is 24.8 Å². The van der Waals surface area contributed by atoms with Gasteiger partial charge in [0.15, 0.2) is 0 Å². The number of rotatable bonds is 7. The molecule has 2 aromatic carbocycles. The highest BCUT2D eigenvalue weighted by atomic mass is 16.3. The summed E-state index contributed by atoms with van der Waals surface area (Å²) < 4.78 is 0. The number of nitrogens with zero attached hydrogens (tertiary/aromatic N) is 3. The van der Waals surface area contributed by atoms with Crippen LogP contribution in [-0.4, -0.2) is 80.5 Å². The van der Waals surface area contributed by atoms with E-state index in [1.165, 1.54) is 11.1 Å². The summed E-state index contributed by atoms with van der Waals surface area (Å²) in [5.74, 6) is -0.265. The van der Waals surface area contributed by atoms with Crippen molar-refractivity contribution in [3.8, 4) is 11.4 Å². The van der Waals surface area contributed by atoms with Gasteiger partial charge in [-0.1, -0.05) is 30.3 Å². The van der Waals surface area contributed by atoms with Crippen LogP contribution in [0.5, 0.6) is 0 Å². The number of anilines is 1. The largest absolute Gasteiger partial charge is 0.394 e. The summed E-state index contributed by atoms with van der Waals surface area (Å²) in [5.41, 5.74) is 3.24. The molecule has 0 bridgehead atoms. The van der Waals surface area contributed by atoms with Gasteiger partial charge in [0.2, 0.25) is 0 Å². The lowest BCUT2D eigenvalue weighted by atomic mass is 10.0. The number of imidazole rings is 1. The number of piperidine rings is 1. The van der Waals surface area contributed by atoms with E-state index >= 15 is 0 Å². The van der Waals surface area contributed by atoms with Gasteiger partial charge in [0.05, 0.1) is 40.5 Å². The van der Waals surface area contributed by atoms with Crippen LogP contribution in [0.4, 0.5) is 5.69 Å². The first-order valence-corrected chi connectivity index (χ1v) is 13.2. The number of imide groups is 1. The van der Waals surface area contributed by atoms with E-state index < -0.39 is 0 Å². The Balaban J connectivity index is 1.31. The third-order valence-electron chi connectivity index (χ3n) is 7.68. The zero-order chi connectivity index (χ0) is 27.1. The minimum atomic E-state index is -0.358. The molecule has 2 amide bonds. The third kappa shape index (κ3) is 4.62. The van der Waals surface area contributed by atoms with E-state index in [1.807, 2.05) is 37.4 Å². The maximum Gasteiger partial charge on any atom is 0.261 e. The second-order valence-electron chi connectivity index (χ2n) is 10.3. The number of carbonyl (C=O) groups is 2. The van der Waals surface area contributed by atoms with E-state index in [0.717, 1.165) is 31.5 Å². The Morgan fingerprint density at radius 3 is 2.49 bits per heavy atom. The van der Waals surface area contributed by atoms with Crippen molar-refractivity contribution in [2.24, 2.45) is 0 Å². The SMILES string of the molecule is CN1CCC(N2C(=O)c3cc4nc(-c5c(N[C@@H](CO)Cc6ccccc6)cc[nH]c5=O)[nH]c4cc3C2=O)CC1. The van der Waals surface area contributed by atoms with E-state index in [1.54, 1.807) is 18.2 Å². The van der Waals surface area contributed by atoms with Crippen LogP contribution in [0, 0.1) is 0 Å². The summed E-state index contributed by atoms with van der Waals surface area (Å²) in [6, 6.07) is 14.4. The molecule has 0 spiro atoms. The zero-order valence-electron chi connectivity index (χ0n) is 21.6. The summed E-state index contributed by atoms with van der Waals surface area (Å²) in [4.78, 5) is 53.6. The maximum absolute atomic E-state index is 13.3. The zero-order valence-corrected chi connectivity index (χ0v) is 21.6. The number of likely N-dealkylation sites (tertiary alicyclic amines) is 1. The molecule has 4 aromatic rings. The lowest BCUT2D eigenvalue weighted by Gasteiger charge is -2.33. The molecular weight excluding hydrogens is 496 g/mol. The average molecular weight is 527 g/mol. The first-order valence-electron chi connectivity index (χ1n) is 13.2. The van der Waals surface area contributed by atoms with Crippen molar-refractivity contribution in [3.05, 3.63) is 81.8 Å². The van der Waals surface area contributed by atoms with Crippen molar-refractivity contribution >= 4 is 28.5 Å². The lowest BCUT2D eigenvalue weighted by Crippen LogP contribution is -2.46. The van der Waals surface area contributed by atoms with Gasteiger partial charge in [0, 0.05) is 12.2 Å². The number of nitrogens with one attached hydrogen (secondary N) is 3. The Morgan fingerprint density at radius 2 is 1.77 bits per heavy atom. The number of H-pyrrole nitrogens is 2. The molecule has 10 heteroatoms. The summed E-state index contributed by atoms with van der Waals surface area (Å²) in [5, 5.41) is 13.3. The highest BCUT2D eigenvalue weighted by Gasteiger charge is 2.41. The lowest BCUT2D eigenvalue weighted by molar-refractivity contribution is 0.0516. The van der Waals surface area contributed by atoms with Gasteiger partial charge in [0.25, 0.3) is 17.4 Å². The number of amides is 2. The second kappa shape index (κ2) is 10.1. The molecule has 2 aliphatic rings. The van der Waals surface area contributed by atoms with Gasteiger partial charge in [-0.25, -0.2) is 4.98 Å². The van der Waals surface area contributed by atoms with Crippen molar-refractivity contribution in [2.45, 2.75) is 31.3 Å². The Morgan fingerprint density at radius 1 is 1.05 bits per heavy atom. The van der Waals surface area contributed by atoms with E-state index in [-0.39, 0.29) is 41.6 Å². The number of fused-ring (bicyclic) bond motifs is 2. The molecule has 1 fully saturated rings. The summed E-state index contributed by atoms with van der Waals surface area (Å²) in [7, 11) is 2.04. The standard InChI is InChI=1S/C29H30N6O4/c1-34-11-8-19(9-12-34)35-28(38)20-14-23-24(15-21(20)29(35)39)33-26(32-23)25-22(7-10-30-27(25)37)31-18(16-36)13-17-5-3-2-4-6-17/h2-7,10,14-15,18-19,36H,8-9,11-13,16H2,1H3,(H,32,33)(H2,30,31,37)/t18-/m1/s1. The third-order valence-corrected chi connectivity index (χ3v) is 7.68. The van der Waals surface area contributed by atoms with E-state index in [2.05, 4.69) is 25.2 Å². The molecule has 2 aromatic heterocycles. The minimum absolute atomic E-state index is 0.109. The van der Waals surface area contributed by atoms with Gasteiger partial charge < -0.3 is 25.3 Å². The van der Waals surface area contributed by atoms with Gasteiger partial charge in [0.1, 0.15) is 11.4 Å². The number of aromatic amines is 2. The molecule has 200 valence electrons. The summed E-state index contributed by atoms with van der Waals surface area (Å²) in [6.45, 7) is 1.55. The molecule has 6 rings (SSSR count). The maximum atomic E-state index is 13.3. The smallest absolute Gasteiger partial charge is 0.261 e. The van der Waals surface area contributed by atoms with E-state index in [0.29, 0.717) is 40.1 Å². The van der Waals surface area contributed by atoms with Crippen LogP contribution in [0.1, 0.15) is 39.1 Å². The molecule has 39 heavy (non-hydrogen) atoms. The molecule has 2 aliphatic heterocycles. The van der Waals surface area contributed by atoms with Gasteiger partial charge >= 0.3 is 0 Å². The number of aromatic nitrogens is 3. The van der Waals surface area contributed by atoms with Crippen molar-refractivity contribution in [3.63, 3.8) is 0 Å². The molecular formula is C29H30N6O4. The average Bonchev–Trinajstić information content (AvgIpc) is 3.46. The molecule has 0 unspecified atom stereocenters. The molecule has 0 radical (unpaired) electrons. The number of aliphatic hydroxyl groups excluding tert-OH is 1. The molecule has 4 heterocycles. The van der Waals surface area contributed by atoms with Crippen LogP contribution in [0.2, 0.25) is 0 Å². The topological polar surface area (TPSA) is 134 Å². The number of aliphatic hydroxyl groups is 1. The van der Waals surface area contributed by atoms with Gasteiger partial charge in [-0.05, 0) is 63.2 Å². The predicted molar refractivity (Wildman–Crippen MR) is 148 cm³/mol. The Hall–Kier alpha value is -4.28.